The van der Waals surface area contributed by atoms with E-state index in [1.54, 1.807) is 0 Å². The number of fused-ring (bicyclic) bond motifs is 1. The van der Waals surface area contributed by atoms with Gasteiger partial charge in [0.25, 0.3) is 0 Å². The number of halogens is 1. The van der Waals surface area contributed by atoms with Crippen LogP contribution in [-0.2, 0) is 6.42 Å². The lowest BCUT2D eigenvalue weighted by Gasteiger charge is -2.35. The maximum absolute atomic E-state index is 6.33. The van der Waals surface area contributed by atoms with Crippen molar-refractivity contribution < 1.29 is 4.74 Å². The molecule has 2 aliphatic rings. The molecule has 0 saturated carbocycles. The Bertz CT molecular complexity index is 1150. The summed E-state index contributed by atoms with van der Waals surface area (Å²) < 4.78 is 6.33. The van der Waals surface area contributed by atoms with Gasteiger partial charge in [0.15, 0.2) is 0 Å². The van der Waals surface area contributed by atoms with Crippen LogP contribution in [0.3, 0.4) is 0 Å². The predicted molar refractivity (Wildman–Crippen MR) is 135 cm³/mol. The lowest BCUT2D eigenvalue weighted by atomic mass is 9.97. The molecule has 1 fully saturated rings. The number of likely N-dealkylation sites (tertiary alicyclic amines) is 1. The SMILES string of the molecule is CC1CCN(CC2CCc3cc(C#Cc4ccc(-c5ccc(Cl)cc5)cn4)ccc3O2)CC1. The van der Waals surface area contributed by atoms with Gasteiger partial charge in [-0.25, -0.2) is 4.98 Å². The predicted octanol–water partition coefficient (Wildman–Crippen LogP) is 6.23. The summed E-state index contributed by atoms with van der Waals surface area (Å²) in [7, 11) is 0. The van der Waals surface area contributed by atoms with E-state index in [4.69, 9.17) is 16.3 Å². The lowest BCUT2D eigenvalue weighted by Crippen LogP contribution is -2.41. The molecule has 0 spiro atoms. The van der Waals surface area contributed by atoms with Crippen LogP contribution in [0, 0.1) is 17.8 Å². The first kappa shape index (κ1) is 22.0. The number of hydrogen-bond acceptors (Lipinski definition) is 3. The summed E-state index contributed by atoms with van der Waals surface area (Å²) in [6, 6.07) is 18.1. The van der Waals surface area contributed by atoms with E-state index in [2.05, 4.69) is 46.8 Å². The highest BCUT2D eigenvalue weighted by atomic mass is 35.5. The molecule has 0 radical (unpaired) electrons. The van der Waals surface area contributed by atoms with Crippen molar-refractivity contribution in [3.8, 4) is 28.7 Å². The number of benzene rings is 2. The molecule has 2 aromatic carbocycles. The Morgan fingerprint density at radius 1 is 0.970 bits per heavy atom. The Hall–Kier alpha value is -2.80. The topological polar surface area (TPSA) is 25.4 Å². The molecular formula is C29H29ClN2O. The Morgan fingerprint density at radius 2 is 1.76 bits per heavy atom. The standard InChI is InChI=1S/C29H29ClN2O/c1-21-14-16-32(17-15-21)20-28-12-7-24-18-22(3-13-29(24)33-28)2-10-27-11-6-25(19-31-27)23-4-8-26(30)9-5-23/h3-6,8-9,11,13,18-19,21,28H,7,12,14-17,20H2,1H3. The second-order valence-corrected chi connectivity index (χ2v) is 9.71. The van der Waals surface area contributed by atoms with Gasteiger partial charge in [-0.1, -0.05) is 42.6 Å². The van der Waals surface area contributed by atoms with E-state index in [1.807, 2.05) is 42.6 Å². The van der Waals surface area contributed by atoms with Crippen LogP contribution in [0.15, 0.2) is 60.8 Å². The average Bonchev–Trinajstić information content (AvgIpc) is 2.85. The van der Waals surface area contributed by atoms with Gasteiger partial charge < -0.3 is 4.74 Å². The first-order chi connectivity index (χ1) is 16.1. The van der Waals surface area contributed by atoms with Crippen molar-refractivity contribution in [1.29, 1.82) is 0 Å². The van der Waals surface area contributed by atoms with Gasteiger partial charge >= 0.3 is 0 Å². The quantitative estimate of drug-likeness (QED) is 0.437. The minimum atomic E-state index is 0.297. The lowest BCUT2D eigenvalue weighted by molar-refractivity contribution is 0.0935. The Labute approximate surface area is 201 Å². The maximum atomic E-state index is 6.33. The van der Waals surface area contributed by atoms with Crippen molar-refractivity contribution >= 4 is 11.6 Å². The molecule has 3 aromatic rings. The van der Waals surface area contributed by atoms with Crippen LogP contribution in [0.2, 0.25) is 5.02 Å². The Kier molecular flexibility index (Phi) is 6.67. The summed E-state index contributed by atoms with van der Waals surface area (Å²) in [4.78, 5) is 7.08. The minimum absolute atomic E-state index is 0.297. The van der Waals surface area contributed by atoms with Gasteiger partial charge in [-0.15, -0.1) is 0 Å². The molecule has 4 heteroatoms. The monoisotopic (exact) mass is 456 g/mol. The van der Waals surface area contributed by atoms with Gasteiger partial charge in [0.05, 0.1) is 0 Å². The summed E-state index contributed by atoms with van der Waals surface area (Å²) >= 11 is 5.98. The molecule has 5 rings (SSSR count). The van der Waals surface area contributed by atoms with E-state index in [0.29, 0.717) is 6.10 Å². The number of ether oxygens (including phenoxy) is 1. The summed E-state index contributed by atoms with van der Waals surface area (Å²) in [6.45, 7) is 5.82. The Morgan fingerprint density at radius 3 is 2.52 bits per heavy atom. The molecule has 168 valence electrons. The number of nitrogens with zero attached hydrogens (tertiary/aromatic N) is 2. The third-order valence-corrected chi connectivity index (χ3v) is 6.96. The van der Waals surface area contributed by atoms with Crippen LogP contribution in [0.1, 0.15) is 43.0 Å². The molecule has 0 N–H and O–H groups in total. The summed E-state index contributed by atoms with van der Waals surface area (Å²) in [6.07, 6.45) is 6.90. The van der Waals surface area contributed by atoms with Crippen molar-refractivity contribution in [2.75, 3.05) is 19.6 Å². The molecule has 3 heterocycles. The van der Waals surface area contributed by atoms with Crippen LogP contribution in [0.5, 0.6) is 5.75 Å². The zero-order chi connectivity index (χ0) is 22.6. The van der Waals surface area contributed by atoms with Crippen molar-refractivity contribution in [3.63, 3.8) is 0 Å². The van der Waals surface area contributed by atoms with E-state index in [9.17, 15) is 0 Å². The van der Waals surface area contributed by atoms with Crippen molar-refractivity contribution in [2.24, 2.45) is 5.92 Å². The van der Waals surface area contributed by atoms with Gasteiger partial charge in [0.2, 0.25) is 0 Å². The number of hydrogen-bond donors (Lipinski definition) is 0. The first-order valence-corrected chi connectivity index (χ1v) is 12.3. The number of aryl methyl sites for hydroxylation is 1. The van der Waals surface area contributed by atoms with E-state index < -0.39 is 0 Å². The van der Waals surface area contributed by atoms with Gasteiger partial charge in [-0.2, -0.15) is 0 Å². The normalized spacial score (nSPS) is 18.7. The number of rotatable bonds is 3. The van der Waals surface area contributed by atoms with Gasteiger partial charge in [-0.3, -0.25) is 4.90 Å². The fraction of sp³-hybridized carbons (Fsp3) is 0.345. The van der Waals surface area contributed by atoms with Crippen molar-refractivity contribution in [3.05, 3.63) is 82.6 Å². The third kappa shape index (κ3) is 5.58. The molecular weight excluding hydrogens is 428 g/mol. The van der Waals surface area contributed by atoms with Crippen LogP contribution in [0.4, 0.5) is 0 Å². The van der Waals surface area contributed by atoms with E-state index in [0.717, 1.165) is 58.5 Å². The van der Waals surface area contributed by atoms with Crippen LogP contribution in [-0.4, -0.2) is 35.6 Å². The van der Waals surface area contributed by atoms with E-state index in [-0.39, 0.29) is 0 Å². The van der Waals surface area contributed by atoms with Crippen LogP contribution in [0.25, 0.3) is 11.1 Å². The molecule has 3 nitrogen and oxygen atoms in total. The molecule has 1 aromatic heterocycles. The zero-order valence-electron chi connectivity index (χ0n) is 19.1. The number of pyridine rings is 1. The summed E-state index contributed by atoms with van der Waals surface area (Å²) in [5, 5.41) is 0.733. The highest BCUT2D eigenvalue weighted by molar-refractivity contribution is 6.30. The number of piperidine rings is 1. The third-order valence-electron chi connectivity index (χ3n) is 6.70. The van der Waals surface area contributed by atoms with Gasteiger partial charge in [0, 0.05) is 28.9 Å². The van der Waals surface area contributed by atoms with Crippen LogP contribution < -0.4 is 4.74 Å². The molecule has 1 atom stereocenters. The molecule has 0 bridgehead atoms. The van der Waals surface area contributed by atoms with Crippen LogP contribution >= 0.6 is 11.6 Å². The summed E-state index contributed by atoms with van der Waals surface area (Å²) in [5.74, 6) is 8.34. The largest absolute Gasteiger partial charge is 0.489 e. The second-order valence-electron chi connectivity index (χ2n) is 9.27. The van der Waals surface area contributed by atoms with Crippen molar-refractivity contribution in [1.82, 2.24) is 9.88 Å². The average molecular weight is 457 g/mol. The first-order valence-electron chi connectivity index (χ1n) is 11.9. The van der Waals surface area contributed by atoms with Gasteiger partial charge in [-0.05, 0) is 98.1 Å². The highest BCUT2D eigenvalue weighted by Gasteiger charge is 2.24. The highest BCUT2D eigenvalue weighted by Crippen LogP contribution is 2.29. The molecule has 0 aliphatic carbocycles. The van der Waals surface area contributed by atoms with E-state index >= 15 is 0 Å². The maximum Gasteiger partial charge on any atom is 0.123 e. The minimum Gasteiger partial charge on any atom is -0.489 e. The number of aromatic nitrogens is 1. The van der Waals surface area contributed by atoms with E-state index in [1.165, 1.54) is 31.5 Å². The molecule has 1 unspecified atom stereocenters. The molecule has 33 heavy (non-hydrogen) atoms. The zero-order valence-corrected chi connectivity index (χ0v) is 19.8. The Balaban J connectivity index is 1.21. The fourth-order valence-electron chi connectivity index (χ4n) is 4.60. The smallest absolute Gasteiger partial charge is 0.123 e. The van der Waals surface area contributed by atoms with Crippen molar-refractivity contribution in [2.45, 2.75) is 38.7 Å². The van der Waals surface area contributed by atoms with Gasteiger partial charge in [0.1, 0.15) is 17.5 Å². The fourth-order valence-corrected chi connectivity index (χ4v) is 4.73. The molecule has 2 aliphatic heterocycles. The second kappa shape index (κ2) is 10.00. The molecule has 1 saturated heterocycles. The molecule has 0 amide bonds. The summed E-state index contributed by atoms with van der Waals surface area (Å²) in [5.41, 5.74) is 5.17.